The van der Waals surface area contributed by atoms with Crippen LogP contribution in [0.4, 0.5) is 4.79 Å². The summed E-state index contributed by atoms with van der Waals surface area (Å²) < 4.78 is 5.44. The molecule has 0 aromatic heterocycles. The van der Waals surface area contributed by atoms with Gasteiger partial charge in [0.2, 0.25) is 29.4 Å². The molecule has 1 aliphatic heterocycles. The molecular weight excluding hydrogens is 704 g/mol. The Morgan fingerprint density at radius 3 is 2.05 bits per heavy atom. The number of ketones is 1. The molecule has 3 aliphatic rings. The number of likely N-dealkylation sites (N-methyl/N-ethyl adjacent to an activating group) is 1. The van der Waals surface area contributed by atoms with Gasteiger partial charge in [0.05, 0.1) is 12.6 Å². The van der Waals surface area contributed by atoms with Gasteiger partial charge >= 0.3 is 6.09 Å². The van der Waals surface area contributed by atoms with Crippen molar-refractivity contribution in [3.8, 4) is 0 Å². The first kappa shape index (κ1) is 43.2. The predicted octanol–water partition coefficient (Wildman–Crippen LogP) is 2.76. The number of amides is 6. The zero-order chi connectivity index (χ0) is 41.2. The molecule has 304 valence electrons. The lowest BCUT2D eigenvalue weighted by molar-refractivity contribution is -0.145. The Morgan fingerprint density at radius 1 is 0.927 bits per heavy atom. The zero-order valence-electron chi connectivity index (χ0n) is 34.5. The van der Waals surface area contributed by atoms with Gasteiger partial charge in [-0.05, 0) is 79.7 Å². The average molecular weight is 767 g/mol. The molecule has 4 rings (SSSR count). The van der Waals surface area contributed by atoms with Crippen LogP contribution in [0.3, 0.4) is 0 Å². The van der Waals surface area contributed by atoms with Crippen LogP contribution >= 0.6 is 0 Å². The maximum atomic E-state index is 14.2. The Morgan fingerprint density at radius 2 is 1.53 bits per heavy atom. The van der Waals surface area contributed by atoms with Gasteiger partial charge < -0.3 is 35.8 Å². The van der Waals surface area contributed by atoms with Crippen LogP contribution in [0.1, 0.15) is 92.7 Å². The normalized spacial score (nSPS) is 21.6. The highest BCUT2D eigenvalue weighted by molar-refractivity contribution is 6.38. The van der Waals surface area contributed by atoms with Crippen molar-refractivity contribution in [2.75, 3.05) is 27.2 Å². The van der Waals surface area contributed by atoms with Crippen LogP contribution in [0.5, 0.6) is 0 Å². The van der Waals surface area contributed by atoms with Crippen molar-refractivity contribution in [2.24, 2.45) is 28.6 Å². The van der Waals surface area contributed by atoms with Crippen LogP contribution in [0.2, 0.25) is 0 Å². The summed E-state index contributed by atoms with van der Waals surface area (Å²) in [4.78, 5) is 97.3. The molecule has 0 spiro atoms. The van der Waals surface area contributed by atoms with E-state index in [1.807, 2.05) is 65.8 Å². The molecular formula is C41H62N6O8. The van der Waals surface area contributed by atoms with E-state index in [0.29, 0.717) is 32.2 Å². The van der Waals surface area contributed by atoms with E-state index in [4.69, 9.17) is 4.74 Å². The summed E-state index contributed by atoms with van der Waals surface area (Å²) in [5.74, 6) is -4.18. The number of ether oxygens (including phenoxy) is 1. The van der Waals surface area contributed by atoms with E-state index in [2.05, 4.69) is 21.3 Å². The fourth-order valence-corrected chi connectivity index (χ4v) is 8.11. The lowest BCUT2D eigenvalue weighted by Gasteiger charge is -2.38. The van der Waals surface area contributed by atoms with Crippen molar-refractivity contribution >= 4 is 41.4 Å². The maximum absolute atomic E-state index is 14.2. The number of hydrogen-bond acceptors (Lipinski definition) is 8. The number of Topliss-reactive ketones (excluding diaryl/α,β-unsaturated/α-hetero) is 1. The van der Waals surface area contributed by atoms with Crippen LogP contribution < -0.4 is 21.3 Å². The molecule has 14 heteroatoms. The quantitative estimate of drug-likeness (QED) is 0.209. The minimum absolute atomic E-state index is 0.0301. The van der Waals surface area contributed by atoms with Crippen molar-refractivity contribution in [3.05, 3.63) is 35.4 Å². The minimum Gasteiger partial charge on any atom is -0.444 e. The molecule has 14 nitrogen and oxygen atoms in total. The van der Waals surface area contributed by atoms with E-state index in [0.717, 1.165) is 11.1 Å². The van der Waals surface area contributed by atoms with Gasteiger partial charge in [0.25, 0.3) is 5.91 Å². The average Bonchev–Trinajstić information content (AvgIpc) is 3.44. The fraction of sp³-hybridized carbons (Fsp3) is 0.683. The molecule has 1 aromatic carbocycles. The highest BCUT2D eigenvalue weighted by Gasteiger charge is 2.70. The number of alkyl carbamates (subject to hydrolysis) is 1. The summed E-state index contributed by atoms with van der Waals surface area (Å²) in [6.07, 6.45) is 1.87. The SMILES string of the molecule is CCCCC(NC(=O)[C@@H]1[C@@H]2[C@H](CN1C(=O)[C@@H](NC(=O)OC(C)(C)C)C(C)(C)C)C2(C)C)C(=O)C(=O)NCC(=O)N[C@H](C(=O)N(C)C)C1Cc2ccccc2C1. The summed E-state index contributed by atoms with van der Waals surface area (Å²) in [5, 5.41) is 10.7. The number of likely N-dealkylation sites (tertiary alicyclic amines) is 1. The number of hydrogen-bond donors (Lipinski definition) is 4. The first-order chi connectivity index (χ1) is 25.5. The zero-order valence-corrected chi connectivity index (χ0v) is 34.5. The van der Waals surface area contributed by atoms with Crippen LogP contribution in [-0.4, -0.2) is 108 Å². The van der Waals surface area contributed by atoms with E-state index >= 15 is 0 Å². The molecule has 1 aromatic rings. The Kier molecular flexibility index (Phi) is 13.1. The Labute approximate surface area is 325 Å². The molecule has 0 radical (unpaired) electrons. The van der Waals surface area contributed by atoms with Gasteiger partial charge in [0.1, 0.15) is 23.7 Å². The van der Waals surface area contributed by atoms with E-state index in [9.17, 15) is 33.6 Å². The molecule has 2 fully saturated rings. The second-order valence-corrected chi connectivity index (χ2v) is 18.3. The van der Waals surface area contributed by atoms with Crippen molar-refractivity contribution in [2.45, 2.75) is 124 Å². The monoisotopic (exact) mass is 766 g/mol. The molecule has 4 N–H and O–H groups in total. The number of unbranched alkanes of at least 4 members (excludes halogenated alkanes) is 1. The summed E-state index contributed by atoms with van der Waals surface area (Å²) >= 11 is 0. The third kappa shape index (κ3) is 10.2. The van der Waals surface area contributed by atoms with Gasteiger partial charge in [-0.2, -0.15) is 0 Å². The number of carbonyl (C=O) groups excluding carboxylic acids is 7. The summed E-state index contributed by atoms with van der Waals surface area (Å²) in [6, 6.07) is 3.91. The second-order valence-electron chi connectivity index (χ2n) is 18.3. The van der Waals surface area contributed by atoms with Crippen LogP contribution in [0.25, 0.3) is 0 Å². The molecule has 6 amide bonds. The molecule has 6 atom stereocenters. The first-order valence-electron chi connectivity index (χ1n) is 19.5. The van der Waals surface area contributed by atoms with E-state index in [1.165, 1.54) is 9.80 Å². The molecule has 1 saturated carbocycles. The van der Waals surface area contributed by atoms with Gasteiger partial charge in [-0.25, -0.2) is 4.79 Å². The lowest BCUT2D eigenvalue weighted by Crippen LogP contribution is -2.61. The smallest absolute Gasteiger partial charge is 0.408 e. The van der Waals surface area contributed by atoms with Gasteiger partial charge in [0.15, 0.2) is 0 Å². The first-order valence-corrected chi connectivity index (χ1v) is 19.5. The topological polar surface area (TPSA) is 183 Å². The molecule has 1 heterocycles. The largest absolute Gasteiger partial charge is 0.444 e. The van der Waals surface area contributed by atoms with Crippen molar-refractivity contribution < 1.29 is 38.3 Å². The van der Waals surface area contributed by atoms with Gasteiger partial charge in [-0.15, -0.1) is 0 Å². The molecule has 1 unspecified atom stereocenters. The lowest BCUT2D eigenvalue weighted by atomic mass is 9.85. The fourth-order valence-electron chi connectivity index (χ4n) is 8.11. The number of nitrogens with one attached hydrogen (secondary N) is 4. The number of benzene rings is 1. The molecule has 55 heavy (non-hydrogen) atoms. The Bertz CT molecular complexity index is 1630. The Hall–Kier alpha value is -4.49. The number of fused-ring (bicyclic) bond motifs is 2. The van der Waals surface area contributed by atoms with Crippen molar-refractivity contribution in [1.82, 2.24) is 31.1 Å². The van der Waals surface area contributed by atoms with E-state index in [1.54, 1.807) is 34.9 Å². The number of nitrogens with zero attached hydrogens (tertiary/aromatic N) is 2. The van der Waals surface area contributed by atoms with Crippen LogP contribution in [0.15, 0.2) is 24.3 Å². The number of carbonyl (C=O) groups is 7. The summed E-state index contributed by atoms with van der Waals surface area (Å²) in [7, 11) is 3.23. The van der Waals surface area contributed by atoms with Gasteiger partial charge in [0, 0.05) is 20.6 Å². The van der Waals surface area contributed by atoms with Crippen LogP contribution in [-0.2, 0) is 46.3 Å². The minimum atomic E-state index is -1.20. The van der Waals surface area contributed by atoms with Crippen molar-refractivity contribution in [1.29, 1.82) is 0 Å². The number of piperidine rings is 1. The summed E-state index contributed by atoms with van der Waals surface area (Å²) in [5.41, 5.74) is 0.479. The highest BCUT2D eigenvalue weighted by Crippen LogP contribution is 2.65. The molecule has 2 aliphatic carbocycles. The van der Waals surface area contributed by atoms with Gasteiger partial charge in [-0.1, -0.05) is 78.6 Å². The van der Waals surface area contributed by atoms with E-state index < -0.39 is 77.2 Å². The molecule has 0 bridgehead atoms. The molecule has 1 saturated heterocycles. The van der Waals surface area contributed by atoms with E-state index in [-0.39, 0.29) is 35.5 Å². The van der Waals surface area contributed by atoms with Crippen LogP contribution in [0, 0.1) is 28.6 Å². The van der Waals surface area contributed by atoms with Gasteiger partial charge in [-0.3, -0.25) is 28.8 Å². The Balaban J connectivity index is 1.44. The highest BCUT2D eigenvalue weighted by atomic mass is 16.6. The summed E-state index contributed by atoms with van der Waals surface area (Å²) in [6.45, 7) is 16.4. The number of rotatable bonds is 14. The van der Waals surface area contributed by atoms with Crippen molar-refractivity contribution in [3.63, 3.8) is 0 Å². The third-order valence-corrected chi connectivity index (χ3v) is 11.2. The predicted molar refractivity (Wildman–Crippen MR) is 206 cm³/mol. The third-order valence-electron chi connectivity index (χ3n) is 11.2. The maximum Gasteiger partial charge on any atom is 0.408 e. The second kappa shape index (κ2) is 16.7. The standard InChI is InChI=1S/C41H62N6O8/c1-12-13-18-27(32(49)35(51)42-21-28(48)44-30(36(52)46(10)11)25-19-23-16-14-15-17-24(23)20-25)43-34(50)31-29-26(41(29,8)9)22-47(31)37(53)33(39(2,3)4)45-38(54)55-40(5,6)7/h14-17,25-27,29-31,33H,12-13,18-22H2,1-11H3,(H,42,51)(H,43,50)(H,44,48)(H,45,54)/t26-,27?,29-,30-,31-,33+/m0/s1.